The first-order valence-electron chi connectivity index (χ1n) is 12.8. The van der Waals surface area contributed by atoms with Crippen molar-refractivity contribution in [1.82, 2.24) is 9.13 Å². The summed E-state index contributed by atoms with van der Waals surface area (Å²) >= 11 is 0. The minimum atomic E-state index is 0.406. The molecule has 0 fully saturated rings. The molecule has 0 saturated carbocycles. The van der Waals surface area contributed by atoms with Crippen LogP contribution in [0.5, 0.6) is 0 Å². The molecule has 2 heteroatoms. The van der Waals surface area contributed by atoms with Gasteiger partial charge in [0.1, 0.15) is 0 Å². The molecule has 0 radical (unpaired) electrons. The smallest absolute Gasteiger partial charge is 0.0538 e. The van der Waals surface area contributed by atoms with Crippen molar-refractivity contribution in [2.45, 2.75) is 26.3 Å². The Kier molecular flexibility index (Phi) is 4.75. The third-order valence-corrected chi connectivity index (χ3v) is 7.49. The van der Waals surface area contributed by atoms with Crippen LogP contribution in [0.2, 0.25) is 0 Å². The van der Waals surface area contributed by atoms with Crippen molar-refractivity contribution in [3.63, 3.8) is 0 Å². The first-order chi connectivity index (χ1) is 17.7. The van der Waals surface area contributed by atoms with Gasteiger partial charge in [0.25, 0.3) is 0 Å². The summed E-state index contributed by atoms with van der Waals surface area (Å²) < 4.78 is 4.88. The van der Waals surface area contributed by atoms with Gasteiger partial charge in [-0.1, -0.05) is 72.8 Å². The van der Waals surface area contributed by atoms with E-state index in [-0.39, 0.29) is 0 Å². The minimum Gasteiger partial charge on any atom is -0.338 e. The number of benzene rings is 4. The zero-order valence-corrected chi connectivity index (χ0v) is 20.6. The van der Waals surface area contributed by atoms with E-state index in [0.29, 0.717) is 6.04 Å². The van der Waals surface area contributed by atoms with Crippen LogP contribution >= 0.6 is 0 Å². The molecule has 0 aliphatic heterocycles. The van der Waals surface area contributed by atoms with Crippen molar-refractivity contribution in [3.8, 4) is 11.1 Å². The second-order valence-electron chi connectivity index (χ2n) is 9.97. The van der Waals surface area contributed by atoms with E-state index in [1.807, 2.05) is 0 Å². The number of hydrogen-bond acceptors (Lipinski definition) is 0. The maximum atomic E-state index is 2.45. The molecule has 2 heterocycles. The average molecular weight is 465 g/mol. The van der Waals surface area contributed by atoms with Crippen LogP contribution in [0.1, 0.15) is 26.3 Å². The largest absolute Gasteiger partial charge is 0.338 e. The van der Waals surface area contributed by atoms with E-state index in [0.717, 1.165) is 6.42 Å². The highest BCUT2D eigenvalue weighted by Gasteiger charge is 2.16. The van der Waals surface area contributed by atoms with E-state index in [1.165, 1.54) is 60.4 Å². The van der Waals surface area contributed by atoms with Gasteiger partial charge >= 0.3 is 0 Å². The molecule has 1 aliphatic rings. The van der Waals surface area contributed by atoms with Crippen molar-refractivity contribution < 1.29 is 0 Å². The number of fused-ring (bicyclic) bond motifs is 6. The van der Waals surface area contributed by atoms with Gasteiger partial charge < -0.3 is 9.13 Å². The van der Waals surface area contributed by atoms with Crippen LogP contribution in [0.25, 0.3) is 60.4 Å². The van der Waals surface area contributed by atoms with Crippen LogP contribution in [0, 0.1) is 0 Å². The molecule has 1 aliphatic carbocycles. The van der Waals surface area contributed by atoms with Gasteiger partial charge in [0.15, 0.2) is 0 Å². The van der Waals surface area contributed by atoms with Gasteiger partial charge in [0.2, 0.25) is 0 Å². The normalized spacial score (nSPS) is 13.9. The average Bonchev–Trinajstić information content (AvgIpc) is 3.27. The Bertz CT molecular complexity index is 1890. The van der Waals surface area contributed by atoms with Gasteiger partial charge in [-0.2, -0.15) is 0 Å². The molecule has 4 aromatic carbocycles. The van der Waals surface area contributed by atoms with Gasteiger partial charge in [-0.05, 0) is 67.4 Å². The van der Waals surface area contributed by atoms with Crippen molar-refractivity contribution in [1.29, 1.82) is 0 Å². The fraction of sp³-hybridized carbons (Fsp3) is 0.118. The van der Waals surface area contributed by atoms with Gasteiger partial charge in [0.05, 0.1) is 11.0 Å². The molecule has 0 saturated heterocycles. The summed E-state index contributed by atoms with van der Waals surface area (Å²) in [5.41, 5.74) is 8.92. The van der Waals surface area contributed by atoms with Crippen molar-refractivity contribution >= 4 is 49.3 Å². The molecular formula is C34H28N2. The number of aromatic nitrogens is 2. The Hall–Kier alpha value is -4.30. The summed E-state index contributed by atoms with van der Waals surface area (Å²) in [6.07, 6.45) is 11.7. The van der Waals surface area contributed by atoms with Crippen LogP contribution in [-0.2, 0) is 0 Å². The minimum absolute atomic E-state index is 0.406. The molecule has 174 valence electrons. The second-order valence-corrected chi connectivity index (χ2v) is 9.97. The summed E-state index contributed by atoms with van der Waals surface area (Å²) in [6.45, 7) is 4.53. The van der Waals surface area contributed by atoms with Gasteiger partial charge in [0, 0.05) is 50.7 Å². The van der Waals surface area contributed by atoms with Crippen LogP contribution in [0.15, 0.2) is 115 Å². The molecule has 2 aromatic heterocycles. The number of allylic oxidation sites excluding steroid dienone is 6. The Balaban J connectivity index is 1.46. The lowest BCUT2D eigenvalue weighted by Gasteiger charge is -2.12. The van der Waals surface area contributed by atoms with Crippen LogP contribution < -0.4 is 0 Å². The quantitative estimate of drug-likeness (QED) is 0.247. The lowest BCUT2D eigenvalue weighted by Crippen LogP contribution is -1.99. The van der Waals surface area contributed by atoms with Gasteiger partial charge in [-0.3, -0.25) is 0 Å². The van der Waals surface area contributed by atoms with E-state index in [2.05, 4.69) is 138 Å². The molecule has 2 nitrogen and oxygen atoms in total. The van der Waals surface area contributed by atoms with E-state index in [4.69, 9.17) is 0 Å². The number of hydrogen-bond donors (Lipinski definition) is 0. The zero-order valence-electron chi connectivity index (χ0n) is 20.6. The monoisotopic (exact) mass is 464 g/mol. The highest BCUT2D eigenvalue weighted by atomic mass is 15.0. The Labute approximate surface area is 211 Å². The summed E-state index contributed by atoms with van der Waals surface area (Å²) in [5, 5.41) is 5.24. The summed E-state index contributed by atoms with van der Waals surface area (Å²) in [7, 11) is 0. The molecule has 7 rings (SSSR count). The van der Waals surface area contributed by atoms with Crippen LogP contribution in [0.3, 0.4) is 0 Å². The van der Waals surface area contributed by atoms with E-state index >= 15 is 0 Å². The lowest BCUT2D eigenvalue weighted by atomic mass is 10.0. The highest BCUT2D eigenvalue weighted by Crippen LogP contribution is 2.38. The molecule has 0 spiro atoms. The zero-order chi connectivity index (χ0) is 24.2. The molecule has 0 bridgehead atoms. The first-order valence-corrected chi connectivity index (χ1v) is 12.8. The Morgan fingerprint density at radius 1 is 0.583 bits per heavy atom. The molecule has 6 aromatic rings. The van der Waals surface area contributed by atoms with E-state index in [1.54, 1.807) is 0 Å². The fourth-order valence-electron chi connectivity index (χ4n) is 5.93. The summed E-state index contributed by atoms with van der Waals surface area (Å²) in [6, 6.07) is 31.9. The maximum absolute atomic E-state index is 2.45. The molecular weight excluding hydrogens is 436 g/mol. The first kappa shape index (κ1) is 21.0. The molecule has 0 atom stereocenters. The fourth-order valence-corrected chi connectivity index (χ4v) is 5.93. The predicted octanol–water partition coefficient (Wildman–Crippen LogP) is 9.51. The topological polar surface area (TPSA) is 9.86 Å². The third kappa shape index (κ3) is 3.11. The number of rotatable bonds is 3. The Morgan fingerprint density at radius 3 is 1.92 bits per heavy atom. The van der Waals surface area contributed by atoms with E-state index < -0.39 is 0 Å². The summed E-state index contributed by atoms with van der Waals surface area (Å²) in [5.74, 6) is 0. The highest BCUT2D eigenvalue weighted by molar-refractivity contribution is 6.12. The van der Waals surface area contributed by atoms with Gasteiger partial charge in [-0.15, -0.1) is 0 Å². The van der Waals surface area contributed by atoms with Crippen LogP contribution in [0.4, 0.5) is 0 Å². The maximum Gasteiger partial charge on any atom is 0.0538 e. The number of para-hydroxylation sites is 2. The van der Waals surface area contributed by atoms with Crippen LogP contribution in [-0.4, -0.2) is 9.13 Å². The van der Waals surface area contributed by atoms with E-state index in [9.17, 15) is 0 Å². The second kappa shape index (κ2) is 8.13. The molecule has 0 N–H and O–H groups in total. The molecule has 36 heavy (non-hydrogen) atoms. The van der Waals surface area contributed by atoms with Crippen molar-refractivity contribution in [2.75, 3.05) is 0 Å². The predicted molar refractivity (Wildman–Crippen MR) is 155 cm³/mol. The Morgan fingerprint density at radius 2 is 1.17 bits per heavy atom. The number of nitrogens with zero attached hydrogens (tertiary/aromatic N) is 2. The summed E-state index contributed by atoms with van der Waals surface area (Å²) in [4.78, 5) is 0. The molecule has 0 amide bonds. The molecule has 0 unspecified atom stereocenters. The van der Waals surface area contributed by atoms with Crippen molar-refractivity contribution in [2.24, 2.45) is 0 Å². The van der Waals surface area contributed by atoms with Gasteiger partial charge in [-0.25, -0.2) is 0 Å². The third-order valence-electron chi connectivity index (χ3n) is 7.49. The standard InChI is InChI=1S/C34H28N2/c1-23(2)35-31-15-9-7-13-27(31)29-21-24(17-19-33(29)35)25-18-20-34-30(22-25)28-14-8-10-16-32(28)36(34)26-11-5-3-4-6-12-26/h3-11,13-23H,12H2,1-2H3. The SMILES string of the molecule is CC(C)n1c2ccccc2c2cc(-c3ccc4c(c3)c3ccccc3n4C3=CC=CC=CC3)ccc21. The lowest BCUT2D eigenvalue weighted by molar-refractivity contribution is 0.642. The van der Waals surface area contributed by atoms with Crippen molar-refractivity contribution in [3.05, 3.63) is 115 Å².